The van der Waals surface area contributed by atoms with E-state index in [2.05, 4.69) is 30.5 Å². The third-order valence-electron chi connectivity index (χ3n) is 4.24. The molecule has 3 heteroatoms. The summed E-state index contributed by atoms with van der Waals surface area (Å²) in [6.07, 6.45) is 2.05. The summed E-state index contributed by atoms with van der Waals surface area (Å²) >= 11 is 1.70. The van der Waals surface area contributed by atoms with Crippen LogP contribution in [0.1, 0.15) is 18.1 Å². The van der Waals surface area contributed by atoms with Gasteiger partial charge in [0.05, 0.1) is 0 Å². The Labute approximate surface area is 135 Å². The van der Waals surface area contributed by atoms with Gasteiger partial charge in [-0.1, -0.05) is 42.5 Å². The lowest BCUT2D eigenvalue weighted by molar-refractivity contribution is -0.129. The monoisotopic (exact) mass is 310 g/mol. The lowest BCUT2D eigenvalue weighted by atomic mass is 9.67. The van der Waals surface area contributed by atoms with Crippen LogP contribution in [0.15, 0.2) is 59.5 Å². The summed E-state index contributed by atoms with van der Waals surface area (Å²) in [6, 6.07) is 18.1. The van der Waals surface area contributed by atoms with Crippen LogP contribution in [0.5, 0.6) is 0 Å². The molecule has 0 saturated heterocycles. The first kappa shape index (κ1) is 15.1. The third-order valence-corrected chi connectivity index (χ3v) is 4.98. The van der Waals surface area contributed by atoms with Gasteiger partial charge in [-0.25, -0.2) is 0 Å². The Morgan fingerprint density at radius 2 is 1.59 bits per heavy atom. The van der Waals surface area contributed by atoms with Crippen LogP contribution < -0.4 is 0 Å². The van der Waals surface area contributed by atoms with Crippen LogP contribution in [-0.4, -0.2) is 24.7 Å². The minimum atomic E-state index is -0.855. The molecule has 0 fully saturated rings. The standard InChI is InChI=1S/C19H18O2S/c1-19(21-2)17(14-9-11-15(22-3)12-10-14)16(18(19)20)13-7-5-4-6-8-13/h4-12H,1-3H3. The van der Waals surface area contributed by atoms with Gasteiger partial charge in [-0.3, -0.25) is 4.79 Å². The number of hydrogen-bond donors (Lipinski definition) is 0. The molecule has 0 aromatic heterocycles. The molecule has 0 spiro atoms. The molecule has 0 amide bonds. The second-order valence-electron chi connectivity index (χ2n) is 5.41. The fraction of sp³-hybridized carbons (Fsp3) is 0.211. The molecule has 2 aromatic carbocycles. The summed E-state index contributed by atoms with van der Waals surface area (Å²) in [7, 11) is 1.59. The Bertz CT molecular complexity index is 732. The quantitative estimate of drug-likeness (QED) is 0.787. The first-order chi connectivity index (χ1) is 10.6. The van der Waals surface area contributed by atoms with Crippen molar-refractivity contribution in [3.8, 4) is 0 Å². The van der Waals surface area contributed by atoms with E-state index in [1.807, 2.05) is 37.3 Å². The number of carbonyl (C=O) groups is 1. The van der Waals surface area contributed by atoms with E-state index < -0.39 is 5.60 Å². The number of carbonyl (C=O) groups excluding carboxylic acids is 1. The maximum absolute atomic E-state index is 12.6. The second kappa shape index (κ2) is 5.75. The number of rotatable bonds is 4. The molecule has 2 aromatic rings. The zero-order chi connectivity index (χ0) is 15.7. The van der Waals surface area contributed by atoms with Gasteiger partial charge in [0.25, 0.3) is 0 Å². The van der Waals surface area contributed by atoms with Gasteiger partial charge in [0, 0.05) is 23.2 Å². The molecule has 112 valence electrons. The largest absolute Gasteiger partial charge is 0.366 e. The molecule has 0 saturated carbocycles. The average Bonchev–Trinajstić information content (AvgIpc) is 2.59. The first-order valence-electron chi connectivity index (χ1n) is 7.16. The lowest BCUT2D eigenvalue weighted by Gasteiger charge is -2.41. The number of hydrogen-bond acceptors (Lipinski definition) is 3. The molecule has 0 radical (unpaired) electrons. The summed E-state index contributed by atoms with van der Waals surface area (Å²) in [6.45, 7) is 1.85. The van der Waals surface area contributed by atoms with Crippen molar-refractivity contribution in [1.82, 2.24) is 0 Å². The van der Waals surface area contributed by atoms with Crippen LogP contribution >= 0.6 is 11.8 Å². The van der Waals surface area contributed by atoms with Gasteiger partial charge in [-0.05, 0) is 36.4 Å². The number of Topliss-reactive ketones (excluding diaryl/α,β-unsaturated/α-hetero) is 1. The number of thioether (sulfide) groups is 1. The summed E-state index contributed by atoms with van der Waals surface area (Å²) in [5.74, 6) is 0.0464. The van der Waals surface area contributed by atoms with Gasteiger partial charge in [0.2, 0.25) is 0 Å². The molecule has 0 N–H and O–H groups in total. The zero-order valence-electron chi connectivity index (χ0n) is 12.9. The molecule has 2 nitrogen and oxygen atoms in total. The number of benzene rings is 2. The first-order valence-corrected chi connectivity index (χ1v) is 8.39. The van der Waals surface area contributed by atoms with Gasteiger partial charge in [-0.2, -0.15) is 0 Å². The summed E-state index contributed by atoms with van der Waals surface area (Å²) in [5, 5.41) is 0. The van der Waals surface area contributed by atoms with E-state index in [1.165, 1.54) is 4.90 Å². The molecule has 22 heavy (non-hydrogen) atoms. The molecule has 0 bridgehead atoms. The fourth-order valence-corrected chi connectivity index (χ4v) is 3.30. The van der Waals surface area contributed by atoms with Gasteiger partial charge < -0.3 is 4.74 Å². The topological polar surface area (TPSA) is 26.3 Å². The van der Waals surface area contributed by atoms with E-state index in [0.717, 1.165) is 22.3 Å². The summed E-state index contributed by atoms with van der Waals surface area (Å²) in [5.41, 5.74) is 2.87. The van der Waals surface area contributed by atoms with Crippen molar-refractivity contribution in [2.75, 3.05) is 13.4 Å². The smallest absolute Gasteiger partial charge is 0.199 e. The maximum Gasteiger partial charge on any atom is 0.199 e. The highest BCUT2D eigenvalue weighted by Gasteiger charge is 2.51. The molecular weight excluding hydrogens is 292 g/mol. The highest BCUT2D eigenvalue weighted by molar-refractivity contribution is 7.98. The van der Waals surface area contributed by atoms with E-state index in [4.69, 9.17) is 4.74 Å². The molecule has 1 atom stereocenters. The van der Waals surface area contributed by atoms with E-state index in [1.54, 1.807) is 18.9 Å². The number of methoxy groups -OCH3 is 1. The Kier molecular flexibility index (Phi) is 3.94. The van der Waals surface area contributed by atoms with Gasteiger partial charge in [0.1, 0.15) is 0 Å². The van der Waals surface area contributed by atoms with Crippen molar-refractivity contribution < 1.29 is 9.53 Å². The SMILES string of the molecule is COC1(C)C(=O)C(c2ccccc2)=C1c1ccc(SC)cc1. The van der Waals surface area contributed by atoms with Crippen LogP contribution in [0.25, 0.3) is 11.1 Å². The molecule has 1 aliphatic rings. The Hall–Kier alpha value is -1.84. The second-order valence-corrected chi connectivity index (χ2v) is 6.29. The van der Waals surface area contributed by atoms with Gasteiger partial charge >= 0.3 is 0 Å². The predicted molar refractivity (Wildman–Crippen MR) is 91.9 cm³/mol. The molecule has 0 aliphatic heterocycles. The third kappa shape index (κ3) is 2.21. The fourth-order valence-electron chi connectivity index (χ4n) is 2.89. The van der Waals surface area contributed by atoms with Crippen LogP contribution in [0.2, 0.25) is 0 Å². The maximum atomic E-state index is 12.6. The van der Waals surface area contributed by atoms with E-state index in [-0.39, 0.29) is 5.78 Å². The van der Waals surface area contributed by atoms with Gasteiger partial charge in [-0.15, -0.1) is 11.8 Å². The van der Waals surface area contributed by atoms with Crippen LogP contribution in [0.4, 0.5) is 0 Å². The molecule has 3 rings (SSSR count). The lowest BCUT2D eigenvalue weighted by Crippen LogP contribution is -2.48. The molecular formula is C19H18O2S. The highest BCUT2D eigenvalue weighted by atomic mass is 32.2. The van der Waals surface area contributed by atoms with Crippen molar-refractivity contribution in [2.24, 2.45) is 0 Å². The summed E-state index contributed by atoms with van der Waals surface area (Å²) < 4.78 is 5.55. The summed E-state index contributed by atoms with van der Waals surface area (Å²) in [4.78, 5) is 13.8. The van der Waals surface area contributed by atoms with Crippen molar-refractivity contribution >= 4 is 28.7 Å². The zero-order valence-corrected chi connectivity index (χ0v) is 13.7. The van der Waals surface area contributed by atoms with Crippen LogP contribution in [0, 0.1) is 0 Å². The predicted octanol–water partition coefficient (Wildman–Crippen LogP) is 4.31. The van der Waals surface area contributed by atoms with Crippen molar-refractivity contribution in [2.45, 2.75) is 17.4 Å². The van der Waals surface area contributed by atoms with Gasteiger partial charge in [0.15, 0.2) is 11.4 Å². The normalized spacial score (nSPS) is 21.0. The van der Waals surface area contributed by atoms with E-state index >= 15 is 0 Å². The molecule has 1 unspecified atom stereocenters. The average molecular weight is 310 g/mol. The van der Waals surface area contributed by atoms with Crippen LogP contribution in [0.3, 0.4) is 0 Å². The van der Waals surface area contributed by atoms with Crippen molar-refractivity contribution in [3.05, 3.63) is 65.7 Å². The van der Waals surface area contributed by atoms with Crippen molar-refractivity contribution in [1.29, 1.82) is 0 Å². The Morgan fingerprint density at radius 1 is 0.955 bits per heavy atom. The molecule has 0 heterocycles. The minimum Gasteiger partial charge on any atom is -0.366 e. The Morgan fingerprint density at radius 3 is 2.14 bits per heavy atom. The van der Waals surface area contributed by atoms with E-state index in [9.17, 15) is 4.79 Å². The minimum absolute atomic E-state index is 0.0464. The Balaban J connectivity index is 2.17. The highest BCUT2D eigenvalue weighted by Crippen LogP contribution is 2.48. The van der Waals surface area contributed by atoms with Crippen molar-refractivity contribution in [3.63, 3.8) is 0 Å². The number of ketones is 1. The number of ether oxygens (including phenoxy) is 1. The van der Waals surface area contributed by atoms with Crippen LogP contribution in [-0.2, 0) is 9.53 Å². The van der Waals surface area contributed by atoms with E-state index in [0.29, 0.717) is 0 Å². The molecule has 1 aliphatic carbocycles.